The summed E-state index contributed by atoms with van der Waals surface area (Å²) in [6.07, 6.45) is 0. The summed E-state index contributed by atoms with van der Waals surface area (Å²) in [5, 5.41) is 2.95. The summed E-state index contributed by atoms with van der Waals surface area (Å²) in [5.41, 5.74) is 2.36. The highest BCUT2D eigenvalue weighted by Gasteiger charge is 2.07. The molecule has 0 rings (SSSR count). The number of ether oxygens (including phenoxy) is 1. The Morgan fingerprint density at radius 2 is 2.18 bits per heavy atom. The summed E-state index contributed by atoms with van der Waals surface area (Å²) in [4.78, 5) is 3.99. The number of nitrogens with one attached hydrogen (secondary N) is 3. The zero-order chi connectivity index (χ0) is 13.3. The maximum absolute atomic E-state index is 11.1. The van der Waals surface area contributed by atoms with Gasteiger partial charge in [-0.25, -0.2) is 19.0 Å². The first kappa shape index (κ1) is 16.1. The van der Waals surface area contributed by atoms with Crippen LogP contribution in [-0.2, 0) is 14.8 Å². The van der Waals surface area contributed by atoms with E-state index < -0.39 is 10.0 Å². The van der Waals surface area contributed by atoms with Crippen molar-refractivity contribution in [1.82, 2.24) is 15.5 Å². The van der Waals surface area contributed by atoms with Gasteiger partial charge in [0.1, 0.15) is 0 Å². The van der Waals surface area contributed by atoms with E-state index >= 15 is 0 Å². The van der Waals surface area contributed by atoms with E-state index in [2.05, 4.69) is 20.5 Å². The van der Waals surface area contributed by atoms with Crippen LogP contribution in [-0.4, -0.2) is 53.5 Å². The minimum absolute atomic E-state index is 0.0238. The SMILES string of the molecule is CNS(=O)(=O)CCN=C(NN)NC(C)COC. The second-order valence-electron chi connectivity index (χ2n) is 3.40. The molecule has 0 aliphatic heterocycles. The lowest BCUT2D eigenvalue weighted by Crippen LogP contribution is -2.47. The van der Waals surface area contributed by atoms with Crippen molar-refractivity contribution in [3.05, 3.63) is 0 Å². The van der Waals surface area contributed by atoms with Gasteiger partial charge in [0, 0.05) is 13.2 Å². The molecule has 0 aliphatic rings. The Kier molecular flexibility index (Phi) is 7.79. The van der Waals surface area contributed by atoms with Crippen LogP contribution in [0.15, 0.2) is 4.99 Å². The number of methoxy groups -OCH3 is 1. The minimum Gasteiger partial charge on any atom is -0.383 e. The molecule has 0 saturated carbocycles. The van der Waals surface area contributed by atoms with Crippen LogP contribution in [0.5, 0.6) is 0 Å². The molecule has 0 aromatic carbocycles. The van der Waals surface area contributed by atoms with E-state index in [0.29, 0.717) is 12.6 Å². The minimum atomic E-state index is -3.24. The van der Waals surface area contributed by atoms with Crippen LogP contribution in [0.25, 0.3) is 0 Å². The van der Waals surface area contributed by atoms with E-state index in [9.17, 15) is 8.42 Å². The van der Waals surface area contributed by atoms with Gasteiger partial charge >= 0.3 is 0 Å². The smallest absolute Gasteiger partial charge is 0.213 e. The molecule has 0 heterocycles. The van der Waals surface area contributed by atoms with E-state index in [0.717, 1.165) is 0 Å². The Labute approximate surface area is 102 Å². The summed E-state index contributed by atoms with van der Waals surface area (Å²) in [5.74, 6) is 5.50. The van der Waals surface area contributed by atoms with Crippen molar-refractivity contribution in [2.45, 2.75) is 13.0 Å². The molecular weight excluding hydrogens is 246 g/mol. The normalized spacial score (nSPS) is 14.5. The maximum Gasteiger partial charge on any atom is 0.213 e. The van der Waals surface area contributed by atoms with Gasteiger partial charge in [-0.05, 0) is 14.0 Å². The molecular formula is C8H21N5O3S. The number of rotatable bonds is 7. The van der Waals surface area contributed by atoms with Crippen LogP contribution >= 0.6 is 0 Å². The maximum atomic E-state index is 11.1. The topological polar surface area (TPSA) is 118 Å². The van der Waals surface area contributed by atoms with Gasteiger partial charge < -0.3 is 10.1 Å². The van der Waals surface area contributed by atoms with Crippen LogP contribution in [0.4, 0.5) is 0 Å². The second kappa shape index (κ2) is 8.23. The number of nitrogens with two attached hydrogens (primary N) is 1. The van der Waals surface area contributed by atoms with Gasteiger partial charge in [0.25, 0.3) is 0 Å². The van der Waals surface area contributed by atoms with Crippen LogP contribution in [0, 0.1) is 0 Å². The van der Waals surface area contributed by atoms with E-state index in [4.69, 9.17) is 10.6 Å². The van der Waals surface area contributed by atoms with Crippen molar-refractivity contribution in [3.63, 3.8) is 0 Å². The third-order valence-corrected chi connectivity index (χ3v) is 3.22. The van der Waals surface area contributed by atoms with Gasteiger partial charge in [0.2, 0.25) is 16.0 Å². The van der Waals surface area contributed by atoms with Crippen molar-refractivity contribution in [3.8, 4) is 0 Å². The monoisotopic (exact) mass is 267 g/mol. The van der Waals surface area contributed by atoms with E-state index in [1.807, 2.05) is 6.92 Å². The Morgan fingerprint density at radius 1 is 1.53 bits per heavy atom. The molecule has 5 N–H and O–H groups in total. The number of aliphatic imine (C=N–C) groups is 1. The average molecular weight is 267 g/mol. The van der Waals surface area contributed by atoms with Crippen molar-refractivity contribution in [2.24, 2.45) is 10.8 Å². The van der Waals surface area contributed by atoms with E-state index in [-0.39, 0.29) is 18.3 Å². The standard InChI is InChI=1S/C8H21N5O3S/c1-7(6-16-3)12-8(13-9)11-4-5-17(14,15)10-2/h7,10H,4-6,9H2,1-3H3,(H2,11,12,13). The van der Waals surface area contributed by atoms with Crippen LogP contribution in [0.3, 0.4) is 0 Å². The van der Waals surface area contributed by atoms with Crippen molar-refractivity contribution in [2.75, 3.05) is 33.1 Å². The fraction of sp³-hybridized carbons (Fsp3) is 0.875. The second-order valence-corrected chi connectivity index (χ2v) is 5.44. The molecule has 1 atom stereocenters. The highest BCUT2D eigenvalue weighted by atomic mass is 32.2. The summed E-state index contributed by atoms with van der Waals surface area (Å²) >= 11 is 0. The number of sulfonamides is 1. The molecule has 0 spiro atoms. The summed E-state index contributed by atoms with van der Waals surface area (Å²) in [6, 6.07) is 0.0238. The molecule has 0 bridgehead atoms. The van der Waals surface area contributed by atoms with Crippen LogP contribution in [0.2, 0.25) is 0 Å². The van der Waals surface area contributed by atoms with Crippen molar-refractivity contribution < 1.29 is 13.2 Å². The quantitative estimate of drug-likeness (QED) is 0.183. The van der Waals surface area contributed by atoms with Gasteiger partial charge in [-0.2, -0.15) is 0 Å². The van der Waals surface area contributed by atoms with Gasteiger partial charge in [0.15, 0.2) is 0 Å². The number of nitrogens with zero attached hydrogens (tertiary/aromatic N) is 1. The fourth-order valence-electron chi connectivity index (χ4n) is 1.04. The van der Waals surface area contributed by atoms with Gasteiger partial charge in [-0.15, -0.1) is 0 Å². The molecule has 0 fully saturated rings. The molecule has 102 valence electrons. The lowest BCUT2D eigenvalue weighted by molar-refractivity contribution is 0.179. The van der Waals surface area contributed by atoms with Crippen molar-refractivity contribution >= 4 is 16.0 Å². The molecule has 0 radical (unpaired) electrons. The number of guanidine groups is 1. The first-order valence-electron chi connectivity index (χ1n) is 5.13. The molecule has 0 aliphatic carbocycles. The summed E-state index contributed by atoms with van der Waals surface area (Å²) in [7, 11) is -0.291. The molecule has 8 nitrogen and oxygen atoms in total. The molecule has 17 heavy (non-hydrogen) atoms. The fourth-order valence-corrected chi connectivity index (χ4v) is 1.57. The molecule has 0 amide bonds. The van der Waals surface area contributed by atoms with E-state index in [1.54, 1.807) is 7.11 Å². The number of hydrogen-bond acceptors (Lipinski definition) is 5. The Balaban J connectivity index is 4.18. The van der Waals surface area contributed by atoms with Gasteiger partial charge in [-0.1, -0.05) is 0 Å². The molecule has 9 heteroatoms. The molecule has 0 aromatic heterocycles. The predicted octanol–water partition coefficient (Wildman–Crippen LogP) is -2.02. The Hall–Kier alpha value is -0.900. The zero-order valence-electron chi connectivity index (χ0n) is 10.4. The third-order valence-electron chi connectivity index (χ3n) is 1.88. The lowest BCUT2D eigenvalue weighted by atomic mass is 10.4. The molecule has 0 aromatic rings. The van der Waals surface area contributed by atoms with Crippen LogP contribution < -0.4 is 21.3 Å². The number of hydrogen-bond donors (Lipinski definition) is 4. The van der Waals surface area contributed by atoms with Gasteiger partial charge in [-0.3, -0.25) is 10.4 Å². The third kappa shape index (κ3) is 7.91. The molecule has 0 saturated heterocycles. The van der Waals surface area contributed by atoms with Gasteiger partial charge in [0.05, 0.1) is 18.9 Å². The largest absolute Gasteiger partial charge is 0.383 e. The Bertz CT molecular complexity index is 330. The lowest BCUT2D eigenvalue weighted by Gasteiger charge is -2.15. The van der Waals surface area contributed by atoms with Crippen molar-refractivity contribution in [1.29, 1.82) is 0 Å². The van der Waals surface area contributed by atoms with Crippen LogP contribution in [0.1, 0.15) is 6.92 Å². The first-order valence-corrected chi connectivity index (χ1v) is 6.78. The Morgan fingerprint density at radius 3 is 2.65 bits per heavy atom. The highest BCUT2D eigenvalue weighted by Crippen LogP contribution is 1.85. The average Bonchev–Trinajstić information content (AvgIpc) is 2.28. The first-order chi connectivity index (χ1) is 7.95. The predicted molar refractivity (Wildman–Crippen MR) is 66.9 cm³/mol. The zero-order valence-corrected chi connectivity index (χ0v) is 11.2. The highest BCUT2D eigenvalue weighted by molar-refractivity contribution is 7.89. The summed E-state index contributed by atoms with van der Waals surface area (Å²) < 4.78 is 29.4. The summed E-state index contributed by atoms with van der Waals surface area (Å²) in [6.45, 7) is 2.51. The number of hydrazine groups is 1. The van der Waals surface area contributed by atoms with E-state index in [1.165, 1.54) is 7.05 Å². The molecule has 1 unspecified atom stereocenters.